The Morgan fingerprint density at radius 1 is 1.11 bits per heavy atom. The van der Waals surface area contributed by atoms with E-state index in [1.54, 1.807) is 29.2 Å². The number of nitrogens with one attached hydrogen (secondary N) is 1. The molecule has 1 saturated heterocycles. The second-order valence-electron chi connectivity index (χ2n) is 7.29. The molecule has 1 fully saturated rings. The number of halogens is 1. The normalized spacial score (nSPS) is 21.0. The van der Waals surface area contributed by atoms with Gasteiger partial charge in [-0.1, -0.05) is 12.1 Å². The molecule has 4 rings (SSSR count). The number of hydrogen-bond donors (Lipinski definition) is 1. The predicted molar refractivity (Wildman–Crippen MR) is 115 cm³/mol. The van der Waals surface area contributed by atoms with Crippen molar-refractivity contribution in [1.82, 2.24) is 4.90 Å². The molecule has 2 aliphatic heterocycles. The minimum Gasteiger partial charge on any atom is -0.322 e. The molecule has 0 unspecified atom stereocenters. The number of amides is 3. The molecule has 0 saturated carbocycles. The van der Waals surface area contributed by atoms with Gasteiger partial charge in [-0.05, 0) is 72.8 Å². The summed E-state index contributed by atoms with van der Waals surface area (Å²) in [7, 11) is 0. The first-order valence-electron chi connectivity index (χ1n) is 9.19. The van der Waals surface area contributed by atoms with Gasteiger partial charge in [-0.15, -0.1) is 0 Å². The average molecular weight is 489 g/mol. The van der Waals surface area contributed by atoms with Crippen molar-refractivity contribution in [3.8, 4) is 0 Å². The standard InChI is InChI=1S/C21H20IN3O3/c1-13(2)24-19(27)16-5-3-4-6-17(16)25-18(26)11-12-21(24,25)20(28)23-15-9-7-14(22)8-10-15/h3-10,13H,11-12H2,1-2H3,(H,23,28)/t21-/m0/s1. The van der Waals surface area contributed by atoms with Gasteiger partial charge in [0.05, 0.1) is 11.3 Å². The lowest BCUT2D eigenvalue weighted by Gasteiger charge is -2.50. The fourth-order valence-electron chi connectivity index (χ4n) is 4.17. The lowest BCUT2D eigenvalue weighted by Crippen LogP contribution is -2.70. The van der Waals surface area contributed by atoms with Crippen LogP contribution in [0.5, 0.6) is 0 Å². The maximum Gasteiger partial charge on any atom is 0.271 e. The number of hydrogen-bond acceptors (Lipinski definition) is 3. The van der Waals surface area contributed by atoms with Crippen LogP contribution in [-0.4, -0.2) is 34.3 Å². The van der Waals surface area contributed by atoms with E-state index in [0.717, 1.165) is 3.57 Å². The predicted octanol–water partition coefficient (Wildman–Crippen LogP) is 3.62. The van der Waals surface area contributed by atoms with E-state index in [1.165, 1.54) is 4.90 Å². The third-order valence-electron chi connectivity index (χ3n) is 5.28. The van der Waals surface area contributed by atoms with Crippen LogP contribution in [0.1, 0.15) is 37.0 Å². The first-order chi connectivity index (χ1) is 13.4. The van der Waals surface area contributed by atoms with Gasteiger partial charge in [-0.3, -0.25) is 19.3 Å². The van der Waals surface area contributed by atoms with Crippen molar-refractivity contribution in [1.29, 1.82) is 0 Å². The summed E-state index contributed by atoms with van der Waals surface area (Å²) in [4.78, 5) is 42.8. The Labute approximate surface area is 177 Å². The molecule has 7 heteroatoms. The highest BCUT2D eigenvalue weighted by atomic mass is 127. The Bertz CT molecular complexity index is 973. The highest BCUT2D eigenvalue weighted by molar-refractivity contribution is 14.1. The van der Waals surface area contributed by atoms with Gasteiger partial charge in [0.25, 0.3) is 11.8 Å². The van der Waals surface area contributed by atoms with E-state index in [4.69, 9.17) is 0 Å². The monoisotopic (exact) mass is 489 g/mol. The average Bonchev–Trinajstić information content (AvgIpc) is 3.02. The van der Waals surface area contributed by atoms with Crippen LogP contribution in [0.3, 0.4) is 0 Å². The molecule has 3 amide bonds. The summed E-state index contributed by atoms with van der Waals surface area (Å²) in [6, 6.07) is 14.2. The van der Waals surface area contributed by atoms with Crippen LogP contribution >= 0.6 is 22.6 Å². The Morgan fingerprint density at radius 2 is 1.79 bits per heavy atom. The fourth-order valence-corrected chi connectivity index (χ4v) is 4.53. The zero-order valence-corrected chi connectivity index (χ0v) is 17.8. The molecular weight excluding hydrogens is 469 g/mol. The van der Waals surface area contributed by atoms with E-state index in [0.29, 0.717) is 16.9 Å². The second-order valence-corrected chi connectivity index (χ2v) is 8.54. The Kier molecular flexibility index (Phi) is 4.65. The number of nitrogens with zero attached hydrogens (tertiary/aromatic N) is 2. The van der Waals surface area contributed by atoms with Crippen LogP contribution < -0.4 is 10.2 Å². The van der Waals surface area contributed by atoms with Crippen LogP contribution in [0, 0.1) is 3.57 Å². The van der Waals surface area contributed by atoms with Crippen LogP contribution in [0.25, 0.3) is 0 Å². The first kappa shape index (κ1) is 18.9. The van der Waals surface area contributed by atoms with Gasteiger partial charge in [0, 0.05) is 28.1 Å². The third-order valence-corrected chi connectivity index (χ3v) is 6.00. The zero-order valence-electron chi connectivity index (χ0n) is 15.6. The maximum absolute atomic E-state index is 13.6. The van der Waals surface area contributed by atoms with Crippen molar-refractivity contribution < 1.29 is 14.4 Å². The lowest BCUT2D eigenvalue weighted by molar-refractivity contribution is -0.129. The van der Waals surface area contributed by atoms with E-state index in [1.807, 2.05) is 38.1 Å². The summed E-state index contributed by atoms with van der Waals surface area (Å²) >= 11 is 2.20. The molecule has 1 N–H and O–H groups in total. The highest BCUT2D eigenvalue weighted by Crippen LogP contribution is 2.45. The van der Waals surface area contributed by atoms with Crippen LogP contribution in [0.4, 0.5) is 11.4 Å². The molecule has 0 aliphatic carbocycles. The van der Waals surface area contributed by atoms with Crippen molar-refractivity contribution in [2.24, 2.45) is 0 Å². The maximum atomic E-state index is 13.6. The van der Waals surface area contributed by atoms with Crippen LogP contribution in [0.2, 0.25) is 0 Å². The van der Waals surface area contributed by atoms with Gasteiger partial charge in [0.2, 0.25) is 11.6 Å². The Morgan fingerprint density at radius 3 is 2.46 bits per heavy atom. The summed E-state index contributed by atoms with van der Waals surface area (Å²) in [5.41, 5.74) is 0.225. The second kappa shape index (κ2) is 6.88. The molecule has 0 aromatic heterocycles. The summed E-state index contributed by atoms with van der Waals surface area (Å²) in [6.45, 7) is 3.74. The molecule has 0 bridgehead atoms. The molecule has 2 aromatic carbocycles. The zero-order chi connectivity index (χ0) is 20.1. The third kappa shape index (κ3) is 2.71. The molecule has 2 aliphatic rings. The minimum atomic E-state index is -1.36. The van der Waals surface area contributed by atoms with E-state index in [-0.39, 0.29) is 36.6 Å². The van der Waals surface area contributed by atoms with E-state index in [9.17, 15) is 14.4 Å². The quantitative estimate of drug-likeness (QED) is 0.670. The van der Waals surface area contributed by atoms with Gasteiger partial charge in [-0.2, -0.15) is 0 Å². The van der Waals surface area contributed by atoms with E-state index < -0.39 is 5.66 Å². The molecule has 144 valence electrons. The van der Waals surface area contributed by atoms with Gasteiger partial charge < -0.3 is 10.2 Å². The molecule has 28 heavy (non-hydrogen) atoms. The number of para-hydroxylation sites is 1. The summed E-state index contributed by atoms with van der Waals surface area (Å²) in [5.74, 6) is -0.742. The van der Waals surface area contributed by atoms with Crippen molar-refractivity contribution >= 4 is 51.7 Å². The molecule has 1 atom stereocenters. The minimum absolute atomic E-state index is 0.150. The van der Waals surface area contributed by atoms with E-state index >= 15 is 0 Å². The van der Waals surface area contributed by atoms with Gasteiger partial charge in [0.1, 0.15) is 0 Å². The lowest BCUT2D eigenvalue weighted by atomic mass is 9.94. The number of fused-ring (bicyclic) bond motifs is 3. The first-order valence-corrected chi connectivity index (χ1v) is 10.3. The van der Waals surface area contributed by atoms with Crippen molar-refractivity contribution in [3.63, 3.8) is 0 Å². The summed E-state index contributed by atoms with van der Waals surface area (Å²) in [5, 5.41) is 2.93. The molecule has 2 heterocycles. The van der Waals surface area contributed by atoms with Crippen LogP contribution in [0.15, 0.2) is 48.5 Å². The number of carbonyl (C=O) groups is 3. The molecule has 0 spiro atoms. The fraction of sp³-hybridized carbons (Fsp3) is 0.286. The number of carbonyl (C=O) groups excluding carboxylic acids is 3. The number of anilines is 2. The molecule has 6 nitrogen and oxygen atoms in total. The van der Waals surface area contributed by atoms with Crippen LogP contribution in [-0.2, 0) is 9.59 Å². The molecular formula is C21H20IN3O3. The summed E-state index contributed by atoms with van der Waals surface area (Å²) < 4.78 is 1.05. The van der Waals surface area contributed by atoms with E-state index in [2.05, 4.69) is 27.9 Å². The molecule has 2 aromatic rings. The Hall–Kier alpha value is -2.42. The van der Waals surface area contributed by atoms with Gasteiger partial charge >= 0.3 is 0 Å². The van der Waals surface area contributed by atoms with Crippen molar-refractivity contribution in [3.05, 3.63) is 57.7 Å². The van der Waals surface area contributed by atoms with Crippen molar-refractivity contribution in [2.75, 3.05) is 10.2 Å². The number of benzene rings is 2. The van der Waals surface area contributed by atoms with Gasteiger partial charge in [0.15, 0.2) is 0 Å². The summed E-state index contributed by atoms with van der Waals surface area (Å²) in [6.07, 6.45) is 0.477. The van der Waals surface area contributed by atoms with Crippen molar-refractivity contribution in [2.45, 2.75) is 38.4 Å². The SMILES string of the molecule is CC(C)N1C(=O)c2ccccc2N2C(=O)CC[C@@]21C(=O)Nc1ccc(I)cc1. The Balaban J connectivity index is 1.85. The highest BCUT2D eigenvalue weighted by Gasteiger charge is 2.61. The number of rotatable bonds is 3. The molecule has 0 radical (unpaired) electrons. The smallest absolute Gasteiger partial charge is 0.271 e. The largest absolute Gasteiger partial charge is 0.322 e. The van der Waals surface area contributed by atoms with Gasteiger partial charge in [-0.25, -0.2) is 0 Å². The topological polar surface area (TPSA) is 69.7 Å².